The van der Waals surface area contributed by atoms with Crippen LogP contribution in [0.1, 0.15) is 5.56 Å². The van der Waals surface area contributed by atoms with E-state index in [0.717, 1.165) is 0 Å². The first kappa shape index (κ1) is 16.1. The van der Waals surface area contributed by atoms with E-state index in [4.69, 9.17) is 28.5 Å². The third-order valence-electron chi connectivity index (χ3n) is 2.55. The molecule has 0 bridgehead atoms. The van der Waals surface area contributed by atoms with Gasteiger partial charge in [-0.15, -0.1) is 0 Å². The SMILES string of the molecule is N#Cc1ccc(Br)cc1NS(=O)(=O)c1ccc(Cl)c(Cl)c1. The molecule has 0 aromatic heterocycles. The maximum absolute atomic E-state index is 12.3. The molecule has 2 aromatic rings. The highest BCUT2D eigenvalue weighted by Crippen LogP contribution is 2.27. The van der Waals surface area contributed by atoms with Crippen molar-refractivity contribution < 1.29 is 8.42 Å². The van der Waals surface area contributed by atoms with Gasteiger partial charge >= 0.3 is 0 Å². The minimum Gasteiger partial charge on any atom is -0.278 e. The predicted octanol–water partition coefficient (Wildman–Crippen LogP) is 4.43. The summed E-state index contributed by atoms with van der Waals surface area (Å²) in [6, 6.07) is 10.6. The minimum absolute atomic E-state index is 0.0410. The Morgan fingerprint density at radius 1 is 1.10 bits per heavy atom. The van der Waals surface area contributed by atoms with Crippen molar-refractivity contribution in [2.45, 2.75) is 4.90 Å². The van der Waals surface area contributed by atoms with Crippen molar-refractivity contribution in [3.63, 3.8) is 0 Å². The van der Waals surface area contributed by atoms with Crippen LogP contribution in [0.4, 0.5) is 5.69 Å². The summed E-state index contributed by atoms with van der Waals surface area (Å²) in [5.41, 5.74) is 0.389. The van der Waals surface area contributed by atoms with Gasteiger partial charge in [0.1, 0.15) is 6.07 Å². The van der Waals surface area contributed by atoms with E-state index in [0.29, 0.717) is 4.47 Å². The van der Waals surface area contributed by atoms with Gasteiger partial charge in [-0.25, -0.2) is 8.42 Å². The highest BCUT2D eigenvalue weighted by atomic mass is 79.9. The molecule has 4 nitrogen and oxygen atoms in total. The van der Waals surface area contributed by atoms with Crippen LogP contribution in [0, 0.1) is 11.3 Å². The molecule has 0 heterocycles. The van der Waals surface area contributed by atoms with Crippen LogP contribution in [0.25, 0.3) is 0 Å². The number of halogens is 3. The third kappa shape index (κ3) is 3.69. The molecule has 0 aliphatic rings. The smallest absolute Gasteiger partial charge is 0.261 e. The predicted molar refractivity (Wildman–Crippen MR) is 86.1 cm³/mol. The first-order valence-corrected chi connectivity index (χ1v) is 8.54. The topological polar surface area (TPSA) is 70.0 Å². The van der Waals surface area contributed by atoms with Gasteiger partial charge in [-0.3, -0.25) is 4.72 Å². The zero-order valence-corrected chi connectivity index (χ0v) is 14.2. The van der Waals surface area contributed by atoms with Gasteiger partial charge in [0.05, 0.1) is 26.2 Å². The molecule has 21 heavy (non-hydrogen) atoms. The second kappa shape index (κ2) is 6.24. The zero-order valence-electron chi connectivity index (χ0n) is 10.3. The number of hydrogen-bond acceptors (Lipinski definition) is 3. The summed E-state index contributed by atoms with van der Waals surface area (Å²) in [5, 5.41) is 9.41. The van der Waals surface area contributed by atoms with Crippen molar-refractivity contribution in [2.24, 2.45) is 0 Å². The maximum Gasteiger partial charge on any atom is 0.261 e. The van der Waals surface area contributed by atoms with E-state index in [9.17, 15) is 8.42 Å². The quantitative estimate of drug-likeness (QED) is 0.820. The van der Waals surface area contributed by atoms with Crippen molar-refractivity contribution in [3.05, 3.63) is 56.5 Å². The Balaban J connectivity index is 2.45. The van der Waals surface area contributed by atoms with Crippen molar-refractivity contribution >= 4 is 54.8 Å². The fraction of sp³-hybridized carbons (Fsp3) is 0. The number of hydrogen-bond donors (Lipinski definition) is 1. The summed E-state index contributed by atoms with van der Waals surface area (Å²) in [4.78, 5) is -0.0410. The van der Waals surface area contributed by atoms with Crippen LogP contribution in [-0.2, 0) is 10.0 Å². The standard InChI is InChI=1S/C13H7BrCl2N2O2S/c14-9-2-1-8(7-17)13(5-9)18-21(19,20)10-3-4-11(15)12(16)6-10/h1-6,18H. The molecule has 2 aromatic carbocycles. The highest BCUT2D eigenvalue weighted by molar-refractivity contribution is 9.10. The van der Waals surface area contributed by atoms with Crippen LogP contribution in [0.3, 0.4) is 0 Å². The summed E-state index contributed by atoms with van der Waals surface area (Å²) in [6.45, 7) is 0. The van der Waals surface area contributed by atoms with Gasteiger partial charge in [0.25, 0.3) is 10.0 Å². The molecular formula is C13H7BrCl2N2O2S. The third-order valence-corrected chi connectivity index (χ3v) is 5.14. The van der Waals surface area contributed by atoms with Crippen molar-refractivity contribution in [1.29, 1.82) is 5.26 Å². The molecule has 0 saturated carbocycles. The van der Waals surface area contributed by atoms with Gasteiger partial charge < -0.3 is 0 Å². The van der Waals surface area contributed by atoms with E-state index in [1.807, 2.05) is 6.07 Å². The molecule has 2 rings (SSSR count). The number of nitriles is 1. The molecule has 8 heteroatoms. The Kier molecular flexibility index (Phi) is 4.79. The van der Waals surface area contributed by atoms with E-state index in [1.165, 1.54) is 30.3 Å². The average Bonchev–Trinajstić information content (AvgIpc) is 2.41. The molecular weight excluding hydrogens is 399 g/mol. The largest absolute Gasteiger partial charge is 0.278 e. The zero-order chi connectivity index (χ0) is 15.6. The van der Waals surface area contributed by atoms with Crippen LogP contribution in [0.5, 0.6) is 0 Å². The Morgan fingerprint density at radius 2 is 1.81 bits per heavy atom. The molecule has 0 unspecified atom stereocenters. The number of rotatable bonds is 3. The molecule has 0 radical (unpaired) electrons. The molecule has 0 saturated heterocycles. The Morgan fingerprint density at radius 3 is 2.43 bits per heavy atom. The summed E-state index contributed by atoms with van der Waals surface area (Å²) in [5.74, 6) is 0. The van der Waals surface area contributed by atoms with E-state index in [1.54, 1.807) is 6.07 Å². The Labute approximate surface area is 140 Å². The lowest BCUT2D eigenvalue weighted by Crippen LogP contribution is -2.13. The van der Waals surface area contributed by atoms with Gasteiger partial charge in [0.2, 0.25) is 0 Å². The molecule has 0 atom stereocenters. The fourth-order valence-corrected chi connectivity index (χ4v) is 3.37. The summed E-state index contributed by atoms with van der Waals surface area (Å²) in [6.07, 6.45) is 0. The van der Waals surface area contributed by atoms with Gasteiger partial charge in [-0.1, -0.05) is 39.1 Å². The van der Waals surface area contributed by atoms with Gasteiger partial charge in [-0.05, 0) is 36.4 Å². The Bertz CT molecular complexity index is 848. The number of sulfonamides is 1. The van der Waals surface area contributed by atoms with E-state index in [2.05, 4.69) is 20.7 Å². The molecule has 0 aliphatic heterocycles. The molecule has 0 fully saturated rings. The van der Waals surface area contributed by atoms with Crippen LogP contribution in [-0.4, -0.2) is 8.42 Å². The first-order chi connectivity index (χ1) is 9.83. The molecule has 0 amide bonds. The van der Waals surface area contributed by atoms with E-state index in [-0.39, 0.29) is 26.2 Å². The monoisotopic (exact) mass is 404 g/mol. The molecule has 108 valence electrons. The van der Waals surface area contributed by atoms with Gasteiger partial charge in [-0.2, -0.15) is 5.26 Å². The van der Waals surface area contributed by atoms with Crippen LogP contribution < -0.4 is 4.72 Å². The number of anilines is 1. The molecule has 0 aliphatic carbocycles. The summed E-state index contributed by atoms with van der Waals surface area (Å²) in [7, 11) is -3.87. The number of nitrogens with zero attached hydrogens (tertiary/aromatic N) is 1. The summed E-state index contributed by atoms with van der Waals surface area (Å²) >= 11 is 14.8. The van der Waals surface area contributed by atoms with Crippen LogP contribution >= 0.6 is 39.1 Å². The lowest BCUT2D eigenvalue weighted by molar-refractivity contribution is 0.601. The normalized spacial score (nSPS) is 11.0. The van der Waals surface area contributed by atoms with Crippen molar-refractivity contribution in [1.82, 2.24) is 0 Å². The minimum atomic E-state index is -3.87. The summed E-state index contributed by atoms with van der Waals surface area (Å²) < 4.78 is 27.6. The number of benzene rings is 2. The van der Waals surface area contributed by atoms with Gasteiger partial charge in [0.15, 0.2) is 0 Å². The van der Waals surface area contributed by atoms with E-state index >= 15 is 0 Å². The highest BCUT2D eigenvalue weighted by Gasteiger charge is 2.17. The Hall–Kier alpha value is -1.26. The van der Waals surface area contributed by atoms with Crippen molar-refractivity contribution in [2.75, 3.05) is 4.72 Å². The van der Waals surface area contributed by atoms with Gasteiger partial charge in [0, 0.05) is 4.47 Å². The van der Waals surface area contributed by atoms with Crippen LogP contribution in [0.15, 0.2) is 45.8 Å². The lowest BCUT2D eigenvalue weighted by Gasteiger charge is -2.10. The molecule has 0 spiro atoms. The number of nitrogens with one attached hydrogen (secondary N) is 1. The molecule has 1 N–H and O–H groups in total. The van der Waals surface area contributed by atoms with Crippen molar-refractivity contribution in [3.8, 4) is 6.07 Å². The second-order valence-electron chi connectivity index (χ2n) is 3.98. The second-order valence-corrected chi connectivity index (χ2v) is 7.40. The maximum atomic E-state index is 12.3. The van der Waals surface area contributed by atoms with Crippen LogP contribution in [0.2, 0.25) is 10.0 Å². The average molecular weight is 406 g/mol. The fourth-order valence-electron chi connectivity index (χ4n) is 1.55. The van der Waals surface area contributed by atoms with E-state index < -0.39 is 10.0 Å². The lowest BCUT2D eigenvalue weighted by atomic mass is 10.2. The first-order valence-electron chi connectivity index (χ1n) is 5.51.